The molecule has 0 aromatic rings. The summed E-state index contributed by atoms with van der Waals surface area (Å²) in [7, 11) is 0. The van der Waals surface area contributed by atoms with E-state index >= 15 is 0 Å². The van der Waals surface area contributed by atoms with Gasteiger partial charge in [0.1, 0.15) is 0 Å². The van der Waals surface area contributed by atoms with Crippen LogP contribution in [0.1, 0.15) is 119 Å². The van der Waals surface area contributed by atoms with E-state index in [1.54, 1.807) is 0 Å². The maximum atomic E-state index is 6.66. The third kappa shape index (κ3) is 3.78. The highest BCUT2D eigenvalue weighted by molar-refractivity contribution is 5.17. The van der Waals surface area contributed by atoms with Crippen molar-refractivity contribution in [2.75, 3.05) is 13.2 Å². The molecule has 2 heteroatoms. The lowest BCUT2D eigenvalue weighted by molar-refractivity contribution is -0.247. The Hall–Kier alpha value is -0.0800. The van der Waals surface area contributed by atoms with Crippen molar-refractivity contribution in [2.24, 2.45) is 52.3 Å². The summed E-state index contributed by atoms with van der Waals surface area (Å²) >= 11 is 0. The molecular weight excluding hydrogens is 404 g/mol. The Morgan fingerprint density at radius 3 is 2.24 bits per heavy atom. The molecule has 33 heavy (non-hydrogen) atoms. The first kappa shape index (κ1) is 24.6. The van der Waals surface area contributed by atoms with Gasteiger partial charge >= 0.3 is 0 Å². The normalized spacial score (nSPS) is 49.6. The fraction of sp³-hybridized carbons (Fsp3) is 1.00. The number of rotatable bonds is 5. The van der Waals surface area contributed by atoms with Crippen molar-refractivity contribution in [3.8, 4) is 0 Å². The Bertz CT molecular complexity index is 714. The van der Waals surface area contributed by atoms with Crippen LogP contribution < -0.4 is 0 Å². The van der Waals surface area contributed by atoms with Crippen molar-refractivity contribution in [1.29, 1.82) is 0 Å². The van der Waals surface area contributed by atoms with E-state index in [2.05, 4.69) is 48.5 Å². The van der Waals surface area contributed by atoms with E-state index in [4.69, 9.17) is 9.47 Å². The first-order valence-electron chi connectivity index (χ1n) is 14.8. The molecule has 0 aromatic heterocycles. The molecule has 1 spiro atoms. The zero-order valence-corrected chi connectivity index (χ0v) is 23.1. The second-order valence-corrected chi connectivity index (χ2v) is 14.8. The van der Waals surface area contributed by atoms with Gasteiger partial charge in [-0.25, -0.2) is 0 Å². The molecule has 9 atom stereocenters. The van der Waals surface area contributed by atoms with E-state index in [-0.39, 0.29) is 11.2 Å². The predicted octanol–water partition coefficient (Wildman–Crippen LogP) is 8.28. The Labute approximate surface area is 205 Å². The van der Waals surface area contributed by atoms with Gasteiger partial charge in [0, 0.05) is 0 Å². The van der Waals surface area contributed by atoms with Crippen molar-refractivity contribution >= 4 is 0 Å². The molecule has 2 nitrogen and oxygen atoms in total. The van der Waals surface area contributed by atoms with Gasteiger partial charge in [-0.3, -0.25) is 0 Å². The van der Waals surface area contributed by atoms with E-state index in [9.17, 15) is 0 Å². The smallest absolute Gasteiger partial charge is 0.0974 e. The predicted molar refractivity (Wildman–Crippen MR) is 137 cm³/mol. The van der Waals surface area contributed by atoms with Crippen LogP contribution in [-0.2, 0) is 9.47 Å². The quantitative estimate of drug-likeness (QED) is 0.412. The van der Waals surface area contributed by atoms with Crippen LogP contribution in [0.15, 0.2) is 0 Å². The van der Waals surface area contributed by atoms with Gasteiger partial charge in [-0.2, -0.15) is 0 Å². The summed E-state index contributed by atoms with van der Waals surface area (Å²) in [5.74, 6) is 6.39. The van der Waals surface area contributed by atoms with Crippen LogP contribution in [0.2, 0.25) is 0 Å². The van der Waals surface area contributed by atoms with Crippen molar-refractivity contribution in [3.63, 3.8) is 0 Å². The first-order valence-corrected chi connectivity index (χ1v) is 14.8. The zero-order chi connectivity index (χ0) is 23.6. The summed E-state index contributed by atoms with van der Waals surface area (Å²) < 4.78 is 13.0. The fourth-order valence-electron chi connectivity index (χ4n) is 10.7. The monoisotopic (exact) mass is 458 g/mol. The second kappa shape index (κ2) is 8.50. The van der Waals surface area contributed by atoms with Crippen LogP contribution in [-0.4, -0.2) is 24.4 Å². The van der Waals surface area contributed by atoms with Crippen molar-refractivity contribution in [2.45, 2.75) is 130 Å². The Kier molecular flexibility index (Phi) is 6.34. The van der Waals surface area contributed by atoms with Gasteiger partial charge in [0.2, 0.25) is 0 Å². The van der Waals surface area contributed by atoms with E-state index in [0.29, 0.717) is 10.8 Å². The highest BCUT2D eigenvalue weighted by Crippen LogP contribution is 2.71. The van der Waals surface area contributed by atoms with Gasteiger partial charge < -0.3 is 9.47 Å². The van der Waals surface area contributed by atoms with Gasteiger partial charge in [-0.05, 0) is 117 Å². The molecule has 0 N–H and O–H groups in total. The minimum absolute atomic E-state index is 0.0521. The second-order valence-electron chi connectivity index (χ2n) is 14.8. The van der Waals surface area contributed by atoms with Gasteiger partial charge in [-0.15, -0.1) is 0 Å². The van der Waals surface area contributed by atoms with Crippen LogP contribution in [0.5, 0.6) is 0 Å². The summed E-state index contributed by atoms with van der Waals surface area (Å²) in [6.45, 7) is 19.0. The Morgan fingerprint density at radius 1 is 0.788 bits per heavy atom. The molecule has 1 heterocycles. The minimum atomic E-state index is -0.145. The van der Waals surface area contributed by atoms with Crippen LogP contribution in [0.3, 0.4) is 0 Å². The van der Waals surface area contributed by atoms with E-state index in [0.717, 1.165) is 54.6 Å². The third-order valence-corrected chi connectivity index (χ3v) is 12.5. The molecule has 190 valence electrons. The average molecular weight is 459 g/mol. The molecule has 5 rings (SSSR count). The lowest BCUT2D eigenvalue weighted by atomic mass is 9.47. The van der Waals surface area contributed by atoms with E-state index < -0.39 is 0 Å². The standard InChI is InChI=1S/C31H54O2/c1-21(2)9-8-10-22(3)25-13-14-26-24-12-11-23-19-31(28(4,5)32-17-18-33-31)20-30(23,7)27(24)15-16-29(25,26)6/h21-27H,8-20H2,1-7H3/t22-,23+,24+,25-,26+,27+,29-,30+,31-/m1/s1. The SMILES string of the molecule is CC(C)CCC[C@@H](C)[C@H]1CC[C@H]2[C@@H]3CC[C@H]4C[C@]5(C[C@]4(C)[C@H]3CC[C@]12C)OCCOC5(C)C. The fourth-order valence-corrected chi connectivity index (χ4v) is 10.7. The highest BCUT2D eigenvalue weighted by Gasteiger charge is 2.67. The van der Waals surface area contributed by atoms with Crippen LogP contribution >= 0.6 is 0 Å². The van der Waals surface area contributed by atoms with Crippen molar-refractivity contribution in [3.05, 3.63) is 0 Å². The highest BCUT2D eigenvalue weighted by atomic mass is 16.6. The lowest BCUT2D eigenvalue weighted by Gasteiger charge is -2.58. The van der Waals surface area contributed by atoms with E-state index in [1.165, 1.54) is 70.6 Å². The van der Waals surface area contributed by atoms with Gasteiger partial charge in [-0.1, -0.05) is 53.9 Å². The van der Waals surface area contributed by atoms with Crippen LogP contribution in [0.25, 0.3) is 0 Å². The largest absolute Gasteiger partial charge is 0.370 e. The average Bonchev–Trinajstić information content (AvgIpc) is 3.25. The summed E-state index contributed by atoms with van der Waals surface area (Å²) in [4.78, 5) is 0. The molecule has 4 saturated carbocycles. The maximum Gasteiger partial charge on any atom is 0.0974 e. The van der Waals surface area contributed by atoms with Gasteiger partial charge in [0.15, 0.2) is 0 Å². The topological polar surface area (TPSA) is 18.5 Å². The molecular formula is C31H54O2. The third-order valence-electron chi connectivity index (χ3n) is 12.5. The first-order chi connectivity index (χ1) is 15.5. The van der Waals surface area contributed by atoms with Gasteiger partial charge in [0.25, 0.3) is 0 Å². The summed E-state index contributed by atoms with van der Waals surface area (Å²) in [5, 5.41) is 0. The van der Waals surface area contributed by atoms with Gasteiger partial charge in [0.05, 0.1) is 24.4 Å². The summed E-state index contributed by atoms with van der Waals surface area (Å²) in [6.07, 6.45) is 15.6. The number of hydrogen-bond donors (Lipinski definition) is 0. The zero-order valence-electron chi connectivity index (χ0n) is 23.1. The summed E-state index contributed by atoms with van der Waals surface area (Å²) in [5.41, 5.74) is 0.850. The minimum Gasteiger partial charge on any atom is -0.370 e. The molecule has 0 amide bonds. The van der Waals surface area contributed by atoms with E-state index in [1.807, 2.05) is 0 Å². The molecule has 0 bridgehead atoms. The molecule has 5 fully saturated rings. The number of fused-ring (bicyclic) bond motifs is 5. The Morgan fingerprint density at radius 2 is 1.52 bits per heavy atom. The Balaban J connectivity index is 1.33. The molecule has 1 aliphatic heterocycles. The molecule has 4 aliphatic carbocycles. The lowest BCUT2D eigenvalue weighted by Crippen LogP contribution is -2.57. The number of ether oxygens (including phenoxy) is 2. The van der Waals surface area contributed by atoms with Crippen LogP contribution in [0.4, 0.5) is 0 Å². The van der Waals surface area contributed by atoms with Crippen molar-refractivity contribution in [1.82, 2.24) is 0 Å². The molecule has 1 saturated heterocycles. The van der Waals surface area contributed by atoms with Crippen molar-refractivity contribution < 1.29 is 9.47 Å². The molecule has 0 radical (unpaired) electrons. The maximum absolute atomic E-state index is 6.66. The molecule has 0 aromatic carbocycles. The van der Waals surface area contributed by atoms with Crippen LogP contribution in [0, 0.1) is 52.3 Å². The molecule has 0 unspecified atom stereocenters. The number of hydrogen-bond acceptors (Lipinski definition) is 2. The summed E-state index contributed by atoms with van der Waals surface area (Å²) in [6, 6.07) is 0. The molecule has 5 aliphatic rings.